The van der Waals surface area contributed by atoms with Crippen molar-refractivity contribution in [3.8, 4) is 11.3 Å². The predicted molar refractivity (Wildman–Crippen MR) is 103 cm³/mol. The minimum absolute atomic E-state index is 0.00975. The molecule has 0 spiro atoms. The monoisotopic (exact) mass is 348 g/mol. The van der Waals surface area contributed by atoms with Crippen molar-refractivity contribution in [3.63, 3.8) is 0 Å². The highest BCUT2D eigenvalue weighted by atomic mass is 16.5. The van der Waals surface area contributed by atoms with Crippen LogP contribution in [0.15, 0.2) is 65.4 Å². The van der Waals surface area contributed by atoms with Gasteiger partial charge in [-0.15, -0.1) is 0 Å². The van der Waals surface area contributed by atoms with E-state index in [-0.39, 0.29) is 11.9 Å². The Bertz CT molecular complexity index is 838. The molecule has 1 amide bonds. The van der Waals surface area contributed by atoms with E-state index in [2.05, 4.69) is 41.7 Å². The van der Waals surface area contributed by atoms with Crippen molar-refractivity contribution in [2.75, 3.05) is 0 Å². The molecule has 3 aromatic rings. The molecule has 0 saturated heterocycles. The molecule has 0 aliphatic heterocycles. The van der Waals surface area contributed by atoms with Crippen molar-refractivity contribution in [2.24, 2.45) is 0 Å². The van der Waals surface area contributed by atoms with Crippen LogP contribution in [0.2, 0.25) is 0 Å². The van der Waals surface area contributed by atoms with Crippen LogP contribution in [0.3, 0.4) is 0 Å². The lowest BCUT2D eigenvalue weighted by atomic mass is 10.0. The highest BCUT2D eigenvalue weighted by Gasteiger charge is 2.14. The van der Waals surface area contributed by atoms with E-state index in [1.165, 1.54) is 5.56 Å². The predicted octanol–water partition coefficient (Wildman–Crippen LogP) is 4.71. The van der Waals surface area contributed by atoms with Gasteiger partial charge in [-0.1, -0.05) is 66.7 Å². The maximum Gasteiger partial charge on any atom is 0.220 e. The van der Waals surface area contributed by atoms with Gasteiger partial charge in [-0.25, -0.2) is 0 Å². The maximum atomic E-state index is 12.3. The summed E-state index contributed by atoms with van der Waals surface area (Å²) in [5, 5.41) is 7.15. The molecule has 1 atom stereocenters. The third-order valence-corrected chi connectivity index (χ3v) is 4.58. The largest absolute Gasteiger partial charge is 0.364 e. The number of rotatable bonds is 7. The number of aryl methyl sites for hydroxylation is 2. The van der Waals surface area contributed by atoms with E-state index in [1.807, 2.05) is 37.3 Å². The molecule has 0 fully saturated rings. The Morgan fingerprint density at radius 1 is 1.12 bits per heavy atom. The second-order valence-corrected chi connectivity index (χ2v) is 6.44. The van der Waals surface area contributed by atoms with Crippen molar-refractivity contribution < 1.29 is 9.32 Å². The van der Waals surface area contributed by atoms with Gasteiger partial charge < -0.3 is 9.84 Å². The number of nitrogens with zero attached hydrogens (tertiary/aromatic N) is 1. The molecule has 0 aliphatic rings. The molecule has 0 aliphatic carbocycles. The number of carbonyl (C=O) groups is 1. The molecule has 2 aromatic carbocycles. The molecule has 4 nitrogen and oxygen atoms in total. The average Bonchev–Trinajstić information content (AvgIpc) is 3.16. The van der Waals surface area contributed by atoms with Gasteiger partial charge in [0.05, 0.1) is 6.04 Å². The zero-order valence-corrected chi connectivity index (χ0v) is 15.2. The number of aromatic nitrogens is 1. The zero-order chi connectivity index (χ0) is 18.4. The summed E-state index contributed by atoms with van der Waals surface area (Å²) in [7, 11) is 0. The highest BCUT2D eigenvalue weighted by Crippen LogP contribution is 2.23. The number of amides is 1. The van der Waals surface area contributed by atoms with Crippen LogP contribution in [-0.4, -0.2) is 11.1 Å². The van der Waals surface area contributed by atoms with E-state index < -0.39 is 0 Å². The number of benzene rings is 2. The maximum absolute atomic E-state index is 12.3. The van der Waals surface area contributed by atoms with Crippen LogP contribution in [0.4, 0.5) is 0 Å². The van der Waals surface area contributed by atoms with E-state index in [4.69, 9.17) is 4.52 Å². The summed E-state index contributed by atoms with van der Waals surface area (Å²) in [4.78, 5) is 12.3. The van der Waals surface area contributed by atoms with Crippen molar-refractivity contribution >= 4 is 5.91 Å². The molecule has 0 saturated carbocycles. The molecule has 0 radical (unpaired) electrons. The van der Waals surface area contributed by atoms with Gasteiger partial charge in [0.15, 0.2) is 0 Å². The van der Waals surface area contributed by atoms with E-state index >= 15 is 0 Å². The summed E-state index contributed by atoms with van der Waals surface area (Å²) in [5.41, 5.74) is 5.17. The lowest BCUT2D eigenvalue weighted by Gasteiger charge is -2.14. The van der Waals surface area contributed by atoms with Gasteiger partial charge in [0, 0.05) is 17.5 Å². The van der Waals surface area contributed by atoms with Crippen LogP contribution in [-0.2, 0) is 17.6 Å². The lowest BCUT2D eigenvalue weighted by molar-refractivity contribution is -0.121. The first-order valence-corrected chi connectivity index (χ1v) is 9.04. The Kier molecular flexibility index (Phi) is 5.84. The van der Waals surface area contributed by atoms with Crippen LogP contribution in [0.5, 0.6) is 0 Å². The van der Waals surface area contributed by atoms with Crippen molar-refractivity contribution in [2.45, 2.75) is 39.2 Å². The molecular formula is C22H24N2O2. The fourth-order valence-corrected chi connectivity index (χ4v) is 2.96. The zero-order valence-electron chi connectivity index (χ0n) is 15.2. The standard InChI is InChI=1S/C22H24N2O2/c1-3-17-9-11-18(12-10-17)16(2)23-21(25)14-13-20-15-26-24-22(20)19-7-5-4-6-8-19/h4-12,15-16H,3,13-14H2,1-2H3,(H,23,25)/t16-/m1/s1. The first-order valence-electron chi connectivity index (χ1n) is 9.04. The molecule has 1 heterocycles. The Morgan fingerprint density at radius 2 is 1.85 bits per heavy atom. The summed E-state index contributed by atoms with van der Waals surface area (Å²) in [6, 6.07) is 18.2. The van der Waals surface area contributed by atoms with Gasteiger partial charge in [0.2, 0.25) is 5.91 Å². The highest BCUT2D eigenvalue weighted by molar-refractivity contribution is 5.77. The van der Waals surface area contributed by atoms with E-state index in [9.17, 15) is 4.79 Å². The molecule has 4 heteroatoms. The second kappa shape index (κ2) is 8.48. The van der Waals surface area contributed by atoms with Crippen molar-refractivity contribution in [1.29, 1.82) is 0 Å². The SMILES string of the molecule is CCc1ccc([C@@H](C)NC(=O)CCc2conc2-c2ccccc2)cc1. The first-order chi connectivity index (χ1) is 12.7. The fraction of sp³-hybridized carbons (Fsp3) is 0.273. The molecule has 0 bridgehead atoms. The Balaban J connectivity index is 1.57. The second-order valence-electron chi connectivity index (χ2n) is 6.44. The van der Waals surface area contributed by atoms with Crippen LogP contribution in [0, 0.1) is 0 Å². The Morgan fingerprint density at radius 3 is 2.54 bits per heavy atom. The summed E-state index contributed by atoms with van der Waals surface area (Å²) in [6.45, 7) is 4.14. The summed E-state index contributed by atoms with van der Waals surface area (Å²) < 4.78 is 5.12. The first kappa shape index (κ1) is 17.9. The van der Waals surface area contributed by atoms with Crippen molar-refractivity contribution in [3.05, 3.63) is 77.6 Å². The van der Waals surface area contributed by atoms with Gasteiger partial charge in [-0.05, 0) is 30.9 Å². The molecule has 134 valence electrons. The molecule has 1 N–H and O–H groups in total. The summed E-state index contributed by atoms with van der Waals surface area (Å²) in [5.74, 6) is 0.0253. The van der Waals surface area contributed by atoms with Gasteiger partial charge >= 0.3 is 0 Å². The number of nitrogens with one attached hydrogen (secondary N) is 1. The van der Waals surface area contributed by atoms with Gasteiger partial charge in [0.1, 0.15) is 12.0 Å². The Labute approximate surface area is 154 Å². The van der Waals surface area contributed by atoms with E-state index in [0.29, 0.717) is 12.8 Å². The fourth-order valence-electron chi connectivity index (χ4n) is 2.96. The van der Waals surface area contributed by atoms with Crippen LogP contribution in [0.1, 0.15) is 43.0 Å². The Hall–Kier alpha value is -2.88. The van der Waals surface area contributed by atoms with Crippen LogP contribution >= 0.6 is 0 Å². The van der Waals surface area contributed by atoms with Gasteiger partial charge in [0.25, 0.3) is 0 Å². The van der Waals surface area contributed by atoms with Gasteiger partial charge in [-0.2, -0.15) is 0 Å². The molecular weight excluding hydrogens is 324 g/mol. The third kappa shape index (κ3) is 4.39. The molecule has 1 aromatic heterocycles. The normalized spacial score (nSPS) is 11.9. The summed E-state index contributed by atoms with van der Waals surface area (Å²) in [6.07, 6.45) is 3.64. The smallest absolute Gasteiger partial charge is 0.220 e. The summed E-state index contributed by atoms with van der Waals surface area (Å²) >= 11 is 0. The average molecular weight is 348 g/mol. The molecule has 0 unspecified atom stereocenters. The minimum Gasteiger partial charge on any atom is -0.364 e. The lowest BCUT2D eigenvalue weighted by Crippen LogP contribution is -2.26. The molecule has 3 rings (SSSR count). The quantitative estimate of drug-likeness (QED) is 0.672. The van der Waals surface area contributed by atoms with Crippen LogP contribution < -0.4 is 5.32 Å². The number of hydrogen-bond donors (Lipinski definition) is 1. The van der Waals surface area contributed by atoms with Crippen molar-refractivity contribution in [1.82, 2.24) is 10.5 Å². The minimum atomic E-state index is -0.00975. The van der Waals surface area contributed by atoms with Crippen LogP contribution in [0.25, 0.3) is 11.3 Å². The van der Waals surface area contributed by atoms with E-state index in [0.717, 1.165) is 28.8 Å². The van der Waals surface area contributed by atoms with Gasteiger partial charge in [-0.3, -0.25) is 4.79 Å². The number of hydrogen-bond acceptors (Lipinski definition) is 3. The topological polar surface area (TPSA) is 55.1 Å². The number of carbonyl (C=O) groups excluding carboxylic acids is 1. The molecule has 26 heavy (non-hydrogen) atoms. The van der Waals surface area contributed by atoms with E-state index in [1.54, 1.807) is 6.26 Å². The third-order valence-electron chi connectivity index (χ3n) is 4.58.